The number of halogens is 1. The topological polar surface area (TPSA) is 102 Å². The second-order valence-corrected chi connectivity index (χ2v) is 7.22. The lowest BCUT2D eigenvalue weighted by atomic mass is 10.1. The van der Waals surface area contributed by atoms with Gasteiger partial charge in [0.15, 0.2) is 0 Å². The van der Waals surface area contributed by atoms with E-state index >= 15 is 0 Å². The van der Waals surface area contributed by atoms with Gasteiger partial charge >= 0.3 is 5.97 Å². The van der Waals surface area contributed by atoms with E-state index in [1.54, 1.807) is 12.1 Å². The lowest BCUT2D eigenvalue weighted by Gasteiger charge is -2.12. The summed E-state index contributed by atoms with van der Waals surface area (Å²) in [5.74, 6) is -1.20. The van der Waals surface area contributed by atoms with Crippen LogP contribution in [0.15, 0.2) is 42.5 Å². The van der Waals surface area contributed by atoms with E-state index in [0.29, 0.717) is 0 Å². The van der Waals surface area contributed by atoms with E-state index in [4.69, 9.17) is 11.6 Å². The summed E-state index contributed by atoms with van der Waals surface area (Å²) in [7, 11) is -2.26. The van der Waals surface area contributed by atoms with E-state index in [2.05, 4.69) is 14.8 Å². The molecule has 25 heavy (non-hydrogen) atoms. The second kappa shape index (κ2) is 7.54. The zero-order valence-electron chi connectivity index (χ0n) is 13.4. The smallest absolute Gasteiger partial charge is 0.339 e. The number of esters is 1. The Morgan fingerprint density at radius 1 is 1.08 bits per heavy atom. The maximum absolute atomic E-state index is 12.5. The summed E-state index contributed by atoms with van der Waals surface area (Å²) < 4.78 is 29.6. The third-order valence-electron chi connectivity index (χ3n) is 3.09. The van der Waals surface area contributed by atoms with Crippen molar-refractivity contribution in [1.29, 1.82) is 0 Å². The minimum Gasteiger partial charge on any atom is -0.465 e. The zero-order valence-corrected chi connectivity index (χ0v) is 14.9. The van der Waals surface area contributed by atoms with Gasteiger partial charge in [0.1, 0.15) is 0 Å². The van der Waals surface area contributed by atoms with Crippen LogP contribution in [0.25, 0.3) is 0 Å². The number of carbonyl (C=O) groups is 2. The molecule has 2 aromatic carbocycles. The van der Waals surface area contributed by atoms with Gasteiger partial charge in [-0.3, -0.25) is 9.52 Å². The molecule has 0 fully saturated rings. The molecule has 0 aliphatic heterocycles. The molecule has 0 heterocycles. The summed E-state index contributed by atoms with van der Waals surface area (Å²) >= 11 is 6.03. The maximum atomic E-state index is 12.5. The summed E-state index contributed by atoms with van der Waals surface area (Å²) in [6.07, 6.45) is 0.994. The van der Waals surface area contributed by atoms with Crippen molar-refractivity contribution in [3.8, 4) is 0 Å². The number of amides is 1. The Morgan fingerprint density at radius 3 is 2.40 bits per heavy atom. The SMILES string of the molecule is COC(=O)c1ccccc1NC(=O)c1cc(NS(C)(=O)=O)ccc1Cl. The highest BCUT2D eigenvalue weighted by molar-refractivity contribution is 7.92. The number of methoxy groups -OCH3 is 1. The second-order valence-electron chi connectivity index (χ2n) is 5.06. The van der Waals surface area contributed by atoms with Crippen LogP contribution in [0.1, 0.15) is 20.7 Å². The van der Waals surface area contributed by atoms with Gasteiger partial charge in [-0.05, 0) is 30.3 Å². The molecule has 0 saturated carbocycles. The number of rotatable bonds is 5. The number of hydrogen-bond acceptors (Lipinski definition) is 5. The summed E-state index contributed by atoms with van der Waals surface area (Å²) in [4.78, 5) is 24.2. The van der Waals surface area contributed by atoms with Gasteiger partial charge in [0.25, 0.3) is 5.91 Å². The van der Waals surface area contributed by atoms with Crippen LogP contribution >= 0.6 is 11.6 Å². The van der Waals surface area contributed by atoms with Crippen LogP contribution in [0.4, 0.5) is 11.4 Å². The number of anilines is 2. The van der Waals surface area contributed by atoms with E-state index in [-0.39, 0.29) is 27.5 Å². The Balaban J connectivity index is 2.33. The van der Waals surface area contributed by atoms with Crippen LogP contribution in [-0.2, 0) is 14.8 Å². The van der Waals surface area contributed by atoms with Gasteiger partial charge in [-0.1, -0.05) is 23.7 Å². The van der Waals surface area contributed by atoms with Crippen molar-refractivity contribution in [2.24, 2.45) is 0 Å². The van der Waals surface area contributed by atoms with Crippen LogP contribution in [-0.4, -0.2) is 33.7 Å². The summed E-state index contributed by atoms with van der Waals surface area (Å²) in [5, 5.41) is 2.70. The Kier molecular flexibility index (Phi) is 5.66. The van der Waals surface area contributed by atoms with Gasteiger partial charge in [-0.15, -0.1) is 0 Å². The first-order valence-electron chi connectivity index (χ1n) is 6.97. The highest BCUT2D eigenvalue weighted by Crippen LogP contribution is 2.24. The Hall–Kier alpha value is -2.58. The molecule has 1 amide bonds. The van der Waals surface area contributed by atoms with Crippen molar-refractivity contribution in [2.75, 3.05) is 23.4 Å². The van der Waals surface area contributed by atoms with Gasteiger partial charge in [-0.2, -0.15) is 0 Å². The molecular weight excluding hydrogens is 368 g/mol. The van der Waals surface area contributed by atoms with Gasteiger partial charge in [0.05, 0.1) is 35.2 Å². The van der Waals surface area contributed by atoms with Gasteiger partial charge < -0.3 is 10.1 Å². The molecule has 0 bridgehead atoms. The molecule has 0 radical (unpaired) electrons. The minimum absolute atomic E-state index is 0.0509. The molecule has 2 aromatic rings. The first-order valence-corrected chi connectivity index (χ1v) is 9.24. The van der Waals surface area contributed by atoms with Crippen molar-refractivity contribution >= 4 is 44.9 Å². The van der Waals surface area contributed by atoms with Crippen LogP contribution in [0, 0.1) is 0 Å². The summed E-state index contributed by atoms with van der Waals surface area (Å²) in [6.45, 7) is 0. The quantitative estimate of drug-likeness (QED) is 0.774. The van der Waals surface area contributed by atoms with Gasteiger partial charge in [0, 0.05) is 5.69 Å². The van der Waals surface area contributed by atoms with Crippen LogP contribution in [0.5, 0.6) is 0 Å². The highest BCUT2D eigenvalue weighted by atomic mass is 35.5. The Labute approximate surface area is 150 Å². The predicted octanol–water partition coefficient (Wildman–Crippen LogP) is 2.75. The number of sulfonamides is 1. The number of nitrogens with one attached hydrogen (secondary N) is 2. The van der Waals surface area contributed by atoms with E-state index in [1.807, 2.05) is 0 Å². The van der Waals surface area contributed by atoms with Crippen LogP contribution < -0.4 is 10.0 Å². The van der Waals surface area contributed by atoms with Crippen molar-refractivity contribution in [1.82, 2.24) is 0 Å². The zero-order chi connectivity index (χ0) is 18.6. The fourth-order valence-electron chi connectivity index (χ4n) is 2.05. The number of benzene rings is 2. The first-order chi connectivity index (χ1) is 11.7. The third kappa shape index (κ3) is 4.94. The molecule has 0 atom stereocenters. The monoisotopic (exact) mass is 382 g/mol. The number of hydrogen-bond donors (Lipinski definition) is 2. The van der Waals surface area contributed by atoms with E-state index in [1.165, 1.54) is 37.4 Å². The van der Waals surface area contributed by atoms with Crippen LogP contribution in [0.2, 0.25) is 5.02 Å². The fraction of sp³-hybridized carbons (Fsp3) is 0.125. The molecule has 0 aliphatic rings. The van der Waals surface area contributed by atoms with Crippen molar-refractivity contribution in [3.05, 3.63) is 58.6 Å². The molecule has 0 saturated heterocycles. The van der Waals surface area contributed by atoms with Crippen molar-refractivity contribution in [2.45, 2.75) is 0 Å². The summed E-state index contributed by atoms with van der Waals surface area (Å²) in [5.41, 5.74) is 0.671. The normalized spacial score (nSPS) is 10.8. The lowest BCUT2D eigenvalue weighted by molar-refractivity contribution is 0.0602. The standard InChI is InChI=1S/C16H15ClN2O5S/c1-24-16(21)11-5-3-4-6-14(11)18-15(20)12-9-10(7-8-13(12)17)19-25(2,22)23/h3-9,19H,1-2H3,(H,18,20). The average Bonchev–Trinajstić information content (AvgIpc) is 2.55. The lowest BCUT2D eigenvalue weighted by Crippen LogP contribution is -2.16. The minimum atomic E-state index is -3.50. The maximum Gasteiger partial charge on any atom is 0.339 e. The molecule has 9 heteroatoms. The van der Waals surface area contributed by atoms with E-state index in [9.17, 15) is 18.0 Å². The molecule has 132 valence electrons. The number of para-hydroxylation sites is 1. The third-order valence-corrected chi connectivity index (χ3v) is 4.03. The molecule has 0 spiro atoms. The molecular formula is C16H15ClN2O5S. The van der Waals surface area contributed by atoms with Crippen molar-refractivity contribution in [3.63, 3.8) is 0 Å². The van der Waals surface area contributed by atoms with E-state index < -0.39 is 21.9 Å². The number of ether oxygens (including phenoxy) is 1. The molecule has 2 N–H and O–H groups in total. The van der Waals surface area contributed by atoms with Crippen molar-refractivity contribution < 1.29 is 22.7 Å². The number of carbonyl (C=O) groups excluding carboxylic acids is 2. The largest absolute Gasteiger partial charge is 0.465 e. The molecule has 2 rings (SSSR count). The molecule has 0 aromatic heterocycles. The Morgan fingerprint density at radius 2 is 1.76 bits per heavy atom. The molecule has 7 nitrogen and oxygen atoms in total. The predicted molar refractivity (Wildman–Crippen MR) is 95.7 cm³/mol. The highest BCUT2D eigenvalue weighted by Gasteiger charge is 2.17. The molecule has 0 aliphatic carbocycles. The average molecular weight is 383 g/mol. The summed E-state index contributed by atoms with van der Waals surface area (Å²) in [6, 6.07) is 10.5. The van der Waals surface area contributed by atoms with Crippen LogP contribution in [0.3, 0.4) is 0 Å². The van der Waals surface area contributed by atoms with Gasteiger partial charge in [-0.25, -0.2) is 13.2 Å². The first kappa shape index (κ1) is 18.8. The van der Waals surface area contributed by atoms with E-state index in [0.717, 1.165) is 6.26 Å². The van der Waals surface area contributed by atoms with Gasteiger partial charge in [0.2, 0.25) is 10.0 Å². The fourth-order valence-corrected chi connectivity index (χ4v) is 2.81. The molecule has 0 unspecified atom stereocenters. The Bertz CT molecular complexity index is 928.